The van der Waals surface area contributed by atoms with Crippen LogP contribution in [0.15, 0.2) is 147 Å². The fraction of sp³-hybridized carbons (Fsp3) is 0.143. The van der Waals surface area contributed by atoms with Crippen LogP contribution in [0.3, 0.4) is 0 Å². The van der Waals surface area contributed by atoms with Crippen molar-refractivity contribution in [2.24, 2.45) is 0 Å². The van der Waals surface area contributed by atoms with Gasteiger partial charge in [-0.05, 0) is 72.8 Å². The molecular weight excluding hydrogens is 780 g/mol. The highest BCUT2D eigenvalue weighted by molar-refractivity contribution is 5.92. The quantitative estimate of drug-likeness (QED) is 0.0935. The first kappa shape index (κ1) is 41.4. The first-order chi connectivity index (χ1) is 29.3. The molecule has 60 heavy (non-hydrogen) atoms. The smallest absolute Gasteiger partial charge is 0.338 e. The summed E-state index contributed by atoms with van der Waals surface area (Å²) in [6.07, 6.45) is 8.23. The molecule has 0 aromatic carbocycles. The minimum absolute atomic E-state index is 0.0213. The number of esters is 6. The van der Waals surface area contributed by atoms with E-state index in [9.17, 15) is 28.8 Å². The number of nitrogens with zero attached hydrogens (tertiary/aromatic N) is 6. The summed E-state index contributed by atoms with van der Waals surface area (Å²) in [5.41, 5.74) is -0.0445. The molecule has 0 spiro atoms. The lowest BCUT2D eigenvalue weighted by molar-refractivity contribution is -0.138. The lowest BCUT2D eigenvalue weighted by atomic mass is 10.0. The molecule has 0 fully saturated rings. The Bertz CT molecular complexity index is 2200. The van der Waals surface area contributed by atoms with Crippen LogP contribution in [0, 0.1) is 0 Å². The molecule has 0 aliphatic rings. The van der Waals surface area contributed by atoms with Crippen molar-refractivity contribution in [1.82, 2.24) is 29.9 Å². The molecule has 6 aromatic rings. The molecule has 0 bridgehead atoms. The third-order valence-electron chi connectivity index (χ3n) is 8.31. The Morgan fingerprint density at radius 3 is 0.750 bits per heavy atom. The Hall–Kier alpha value is -8.28. The van der Waals surface area contributed by atoms with Crippen LogP contribution in [0.1, 0.15) is 62.1 Å². The van der Waals surface area contributed by atoms with Crippen molar-refractivity contribution in [3.05, 3.63) is 181 Å². The molecular formula is C42H32N6O12. The number of aromatic nitrogens is 6. The van der Waals surface area contributed by atoms with Crippen molar-refractivity contribution in [3.63, 3.8) is 0 Å². The molecule has 0 saturated heterocycles. The van der Waals surface area contributed by atoms with E-state index >= 15 is 0 Å². The molecule has 4 unspecified atom stereocenters. The van der Waals surface area contributed by atoms with Gasteiger partial charge in [-0.2, -0.15) is 0 Å². The maximum atomic E-state index is 14.0. The molecule has 0 radical (unpaired) electrons. The lowest BCUT2D eigenvalue weighted by Gasteiger charge is -2.35. The van der Waals surface area contributed by atoms with Gasteiger partial charge in [0.1, 0.15) is 13.2 Å². The van der Waals surface area contributed by atoms with Gasteiger partial charge < -0.3 is 28.4 Å². The lowest BCUT2D eigenvalue weighted by Crippen LogP contribution is -2.54. The fourth-order valence-electron chi connectivity index (χ4n) is 5.31. The average molecular weight is 813 g/mol. The Labute approximate surface area is 340 Å². The summed E-state index contributed by atoms with van der Waals surface area (Å²) in [6.45, 7) is -1.67. The Morgan fingerprint density at radius 1 is 0.317 bits per heavy atom. The molecule has 6 aromatic heterocycles. The summed E-state index contributed by atoms with van der Waals surface area (Å²) in [5.74, 6) is -5.96. The molecule has 0 aliphatic heterocycles. The summed E-state index contributed by atoms with van der Waals surface area (Å²) >= 11 is 0. The van der Waals surface area contributed by atoms with Crippen LogP contribution in [0.2, 0.25) is 0 Å². The monoisotopic (exact) mass is 812 g/mol. The number of ether oxygens (including phenoxy) is 6. The SMILES string of the molecule is O=C(OCC(OC(=O)c1ccncc1)C(OC(=O)c1ccncc1)C(OC(=O)c1ccncc1)C(COC(=O)c1ccncc1)OC(=O)c1ccncc1)c1ccncc1. The van der Waals surface area contributed by atoms with Gasteiger partial charge in [-0.1, -0.05) is 0 Å². The standard InChI is InChI=1S/C42H32N6O12/c49-37(27-1-13-43-14-2-27)55-25-33(57-39(51)29-5-17-45-18-6-29)35(59-41(53)31-9-21-47-22-10-31)36(60-42(54)32-11-23-48-24-12-32)34(58-40(52)30-7-19-46-20-8-30)26-56-38(50)28-3-15-44-16-4-28/h1-24,33-36H,25-26H2. The van der Waals surface area contributed by atoms with Gasteiger partial charge in [0.25, 0.3) is 0 Å². The molecule has 0 amide bonds. The first-order valence-electron chi connectivity index (χ1n) is 17.8. The third-order valence-corrected chi connectivity index (χ3v) is 8.31. The second-order valence-corrected chi connectivity index (χ2v) is 12.2. The van der Waals surface area contributed by atoms with Crippen molar-refractivity contribution in [2.45, 2.75) is 24.4 Å². The number of hydrogen-bond donors (Lipinski definition) is 0. The second kappa shape index (κ2) is 20.8. The van der Waals surface area contributed by atoms with Gasteiger partial charge >= 0.3 is 35.8 Å². The number of carbonyl (C=O) groups is 6. The average Bonchev–Trinajstić information content (AvgIpc) is 3.31. The van der Waals surface area contributed by atoms with Crippen LogP contribution in [-0.4, -0.2) is 103 Å². The van der Waals surface area contributed by atoms with Crippen molar-refractivity contribution < 1.29 is 57.2 Å². The summed E-state index contributed by atoms with van der Waals surface area (Å²) in [4.78, 5) is 106. The van der Waals surface area contributed by atoms with Crippen LogP contribution in [0.25, 0.3) is 0 Å². The zero-order chi connectivity index (χ0) is 42.1. The van der Waals surface area contributed by atoms with E-state index in [1.165, 1.54) is 147 Å². The highest BCUT2D eigenvalue weighted by atomic mass is 16.6. The molecule has 6 heterocycles. The highest BCUT2D eigenvalue weighted by Gasteiger charge is 2.46. The molecule has 6 rings (SSSR count). The number of hydrogen-bond acceptors (Lipinski definition) is 18. The highest BCUT2D eigenvalue weighted by Crippen LogP contribution is 2.25. The van der Waals surface area contributed by atoms with Crippen molar-refractivity contribution >= 4 is 35.8 Å². The first-order valence-corrected chi connectivity index (χ1v) is 17.8. The van der Waals surface area contributed by atoms with Gasteiger partial charge in [0, 0.05) is 74.4 Å². The maximum Gasteiger partial charge on any atom is 0.338 e. The minimum atomic E-state index is -2.00. The third kappa shape index (κ3) is 11.4. The van der Waals surface area contributed by atoms with E-state index in [1.54, 1.807) is 0 Å². The number of rotatable bonds is 17. The van der Waals surface area contributed by atoms with Gasteiger partial charge in [-0.3, -0.25) is 29.9 Å². The molecule has 0 aliphatic carbocycles. The van der Waals surface area contributed by atoms with Crippen LogP contribution in [0.5, 0.6) is 0 Å². The Kier molecular flexibility index (Phi) is 14.3. The Morgan fingerprint density at radius 2 is 0.517 bits per heavy atom. The van der Waals surface area contributed by atoms with Gasteiger partial charge in [0.2, 0.25) is 0 Å². The van der Waals surface area contributed by atoms with Gasteiger partial charge in [0.05, 0.1) is 33.4 Å². The predicted octanol–water partition coefficient (Wildman–Crippen LogP) is 3.97. The number of carbonyl (C=O) groups excluding carboxylic acids is 6. The predicted molar refractivity (Wildman–Crippen MR) is 203 cm³/mol. The molecule has 18 heteroatoms. The van der Waals surface area contributed by atoms with E-state index in [4.69, 9.17) is 28.4 Å². The largest absolute Gasteiger partial charge is 0.458 e. The molecule has 4 atom stereocenters. The van der Waals surface area contributed by atoms with Crippen molar-refractivity contribution in [2.75, 3.05) is 13.2 Å². The molecule has 0 N–H and O–H groups in total. The zero-order valence-corrected chi connectivity index (χ0v) is 31.2. The van der Waals surface area contributed by atoms with Gasteiger partial charge in [-0.25, -0.2) is 28.8 Å². The summed E-state index contributed by atoms with van der Waals surface area (Å²) in [7, 11) is 0. The molecule has 18 nitrogen and oxygen atoms in total. The van der Waals surface area contributed by atoms with E-state index in [2.05, 4.69) is 29.9 Å². The second-order valence-electron chi connectivity index (χ2n) is 12.2. The van der Waals surface area contributed by atoms with Crippen molar-refractivity contribution in [1.29, 1.82) is 0 Å². The van der Waals surface area contributed by atoms with Crippen LogP contribution in [-0.2, 0) is 28.4 Å². The van der Waals surface area contributed by atoms with E-state index in [0.29, 0.717) is 0 Å². The topological polar surface area (TPSA) is 235 Å². The van der Waals surface area contributed by atoms with Crippen LogP contribution < -0.4 is 0 Å². The zero-order valence-electron chi connectivity index (χ0n) is 31.2. The van der Waals surface area contributed by atoms with Gasteiger partial charge in [-0.15, -0.1) is 0 Å². The summed E-state index contributed by atoms with van der Waals surface area (Å²) in [5, 5.41) is 0. The van der Waals surface area contributed by atoms with Gasteiger partial charge in [0.15, 0.2) is 24.4 Å². The Balaban J connectivity index is 1.48. The van der Waals surface area contributed by atoms with E-state index in [0.717, 1.165) is 0 Å². The molecule has 0 saturated carbocycles. The van der Waals surface area contributed by atoms with Crippen molar-refractivity contribution in [3.8, 4) is 0 Å². The summed E-state index contributed by atoms with van der Waals surface area (Å²) in [6, 6.07) is 16.1. The minimum Gasteiger partial charge on any atom is -0.458 e. The fourth-order valence-corrected chi connectivity index (χ4v) is 5.31. The maximum absolute atomic E-state index is 14.0. The summed E-state index contributed by atoms with van der Waals surface area (Å²) < 4.78 is 35.1. The van der Waals surface area contributed by atoms with Crippen LogP contribution in [0.4, 0.5) is 0 Å². The van der Waals surface area contributed by atoms with E-state index in [-0.39, 0.29) is 33.4 Å². The van der Waals surface area contributed by atoms with E-state index < -0.39 is 73.4 Å². The number of pyridine rings is 6. The molecule has 302 valence electrons. The van der Waals surface area contributed by atoms with E-state index in [1.807, 2.05) is 0 Å². The van der Waals surface area contributed by atoms with Crippen LogP contribution >= 0.6 is 0 Å². The normalized spacial score (nSPS) is 12.6.